The molecule has 3 N–H and O–H groups in total. The lowest BCUT2D eigenvalue weighted by Gasteiger charge is -2.20. The molecule has 1 aliphatic carbocycles. The van der Waals surface area contributed by atoms with Gasteiger partial charge in [-0.25, -0.2) is 10.8 Å². The monoisotopic (exact) mass is 200 g/mol. The molecule has 0 bridgehead atoms. The van der Waals surface area contributed by atoms with E-state index in [4.69, 9.17) is 10.6 Å². The standard InChI is InChI=1S/C9H20N4O/c1-13(7-8-3-4-8)9(12-10)11-5-6-14-2/h8H,3-7,10H2,1-2H3,(H,11,12). The summed E-state index contributed by atoms with van der Waals surface area (Å²) in [4.78, 5) is 6.36. The van der Waals surface area contributed by atoms with Gasteiger partial charge < -0.3 is 9.64 Å². The molecule has 0 aromatic rings. The van der Waals surface area contributed by atoms with Crippen LogP contribution >= 0.6 is 0 Å². The summed E-state index contributed by atoms with van der Waals surface area (Å²) in [5.74, 6) is 6.97. The number of hydrazine groups is 1. The SMILES string of the molecule is COCCN=C(NN)N(C)CC1CC1. The van der Waals surface area contributed by atoms with E-state index in [1.165, 1.54) is 12.8 Å². The summed E-state index contributed by atoms with van der Waals surface area (Å²) in [6.45, 7) is 2.31. The van der Waals surface area contributed by atoms with Crippen LogP contribution in [0.3, 0.4) is 0 Å². The second kappa shape index (κ2) is 5.82. The number of nitrogens with two attached hydrogens (primary N) is 1. The fourth-order valence-corrected chi connectivity index (χ4v) is 1.29. The quantitative estimate of drug-likeness (QED) is 0.212. The molecule has 0 heterocycles. The average Bonchev–Trinajstić information content (AvgIpc) is 2.96. The van der Waals surface area contributed by atoms with Crippen molar-refractivity contribution < 1.29 is 4.74 Å². The lowest BCUT2D eigenvalue weighted by Crippen LogP contribution is -2.43. The molecule has 0 spiro atoms. The summed E-state index contributed by atoms with van der Waals surface area (Å²) in [5.41, 5.74) is 2.61. The molecule has 1 aliphatic rings. The molecule has 5 nitrogen and oxygen atoms in total. The third kappa shape index (κ3) is 3.93. The van der Waals surface area contributed by atoms with E-state index in [-0.39, 0.29) is 0 Å². The van der Waals surface area contributed by atoms with Crippen LogP contribution in [0, 0.1) is 5.92 Å². The number of nitrogens with zero attached hydrogens (tertiary/aromatic N) is 2. The zero-order valence-electron chi connectivity index (χ0n) is 8.99. The highest BCUT2D eigenvalue weighted by atomic mass is 16.5. The van der Waals surface area contributed by atoms with Crippen LogP contribution in [-0.2, 0) is 4.74 Å². The Morgan fingerprint density at radius 3 is 2.86 bits per heavy atom. The highest BCUT2D eigenvalue weighted by Crippen LogP contribution is 2.29. The van der Waals surface area contributed by atoms with Gasteiger partial charge in [-0.05, 0) is 18.8 Å². The number of nitrogens with one attached hydrogen (secondary N) is 1. The Morgan fingerprint density at radius 2 is 2.36 bits per heavy atom. The number of hydrogen-bond acceptors (Lipinski definition) is 3. The maximum absolute atomic E-state index is 5.39. The van der Waals surface area contributed by atoms with Gasteiger partial charge in [0.25, 0.3) is 0 Å². The second-order valence-corrected chi connectivity index (χ2v) is 3.67. The van der Waals surface area contributed by atoms with Crippen molar-refractivity contribution in [3.05, 3.63) is 0 Å². The molecule has 0 atom stereocenters. The van der Waals surface area contributed by atoms with Crippen molar-refractivity contribution in [1.29, 1.82) is 0 Å². The molecule has 1 fully saturated rings. The predicted octanol–water partition coefficient (Wildman–Crippen LogP) is -0.206. The Morgan fingerprint density at radius 1 is 1.64 bits per heavy atom. The van der Waals surface area contributed by atoms with Gasteiger partial charge in [-0.1, -0.05) is 0 Å². The van der Waals surface area contributed by atoms with Crippen LogP contribution in [0.4, 0.5) is 0 Å². The van der Waals surface area contributed by atoms with Crippen molar-refractivity contribution in [1.82, 2.24) is 10.3 Å². The van der Waals surface area contributed by atoms with Gasteiger partial charge in [-0.3, -0.25) is 5.43 Å². The van der Waals surface area contributed by atoms with E-state index in [1.807, 2.05) is 7.05 Å². The fourth-order valence-electron chi connectivity index (χ4n) is 1.29. The van der Waals surface area contributed by atoms with E-state index in [0.717, 1.165) is 18.4 Å². The van der Waals surface area contributed by atoms with Crippen molar-refractivity contribution in [2.24, 2.45) is 16.8 Å². The van der Waals surface area contributed by atoms with E-state index in [0.29, 0.717) is 13.2 Å². The van der Waals surface area contributed by atoms with E-state index in [9.17, 15) is 0 Å². The summed E-state index contributed by atoms with van der Waals surface area (Å²) in [5, 5.41) is 0. The van der Waals surface area contributed by atoms with Gasteiger partial charge >= 0.3 is 0 Å². The first-order chi connectivity index (χ1) is 6.77. The fraction of sp³-hybridized carbons (Fsp3) is 0.889. The molecule has 0 aromatic carbocycles. The third-order valence-electron chi connectivity index (χ3n) is 2.28. The summed E-state index contributed by atoms with van der Waals surface area (Å²) >= 11 is 0. The maximum atomic E-state index is 5.39. The van der Waals surface area contributed by atoms with Crippen LogP contribution in [0.2, 0.25) is 0 Å². The Labute approximate surface area is 85.3 Å². The lowest BCUT2D eigenvalue weighted by molar-refractivity contribution is 0.207. The van der Waals surface area contributed by atoms with Crippen LogP contribution in [0.25, 0.3) is 0 Å². The molecule has 0 aromatic heterocycles. The Bertz CT molecular complexity index is 191. The topological polar surface area (TPSA) is 62.9 Å². The number of hydrogen-bond donors (Lipinski definition) is 2. The minimum Gasteiger partial charge on any atom is -0.383 e. The van der Waals surface area contributed by atoms with Crippen LogP contribution in [0.15, 0.2) is 4.99 Å². The van der Waals surface area contributed by atoms with Gasteiger partial charge in [0.2, 0.25) is 5.96 Å². The van der Waals surface area contributed by atoms with Crippen LogP contribution in [0.5, 0.6) is 0 Å². The molecule has 0 radical (unpaired) electrons. The summed E-state index contributed by atoms with van der Waals surface area (Å²) in [6, 6.07) is 0. The van der Waals surface area contributed by atoms with Crippen molar-refractivity contribution in [2.45, 2.75) is 12.8 Å². The number of guanidine groups is 1. The molecular formula is C9H20N4O. The molecule has 5 heteroatoms. The van der Waals surface area contributed by atoms with Crippen molar-refractivity contribution in [2.75, 3.05) is 33.9 Å². The largest absolute Gasteiger partial charge is 0.383 e. The Balaban J connectivity index is 2.29. The van der Waals surface area contributed by atoms with Crippen LogP contribution in [0.1, 0.15) is 12.8 Å². The number of ether oxygens (including phenoxy) is 1. The molecule has 0 amide bonds. The van der Waals surface area contributed by atoms with Crippen molar-refractivity contribution >= 4 is 5.96 Å². The zero-order valence-corrected chi connectivity index (χ0v) is 8.99. The molecule has 0 unspecified atom stereocenters. The summed E-state index contributed by atoms with van der Waals surface area (Å²) in [7, 11) is 3.67. The highest BCUT2D eigenvalue weighted by molar-refractivity contribution is 5.79. The van der Waals surface area contributed by atoms with Crippen molar-refractivity contribution in [3.63, 3.8) is 0 Å². The van der Waals surface area contributed by atoms with Gasteiger partial charge in [0.1, 0.15) is 0 Å². The molecule has 82 valence electrons. The van der Waals surface area contributed by atoms with E-state index in [2.05, 4.69) is 15.3 Å². The van der Waals surface area contributed by atoms with Gasteiger partial charge in [-0.2, -0.15) is 0 Å². The van der Waals surface area contributed by atoms with Crippen LogP contribution in [-0.4, -0.2) is 44.7 Å². The maximum Gasteiger partial charge on any atom is 0.208 e. The first kappa shape index (κ1) is 11.3. The molecular weight excluding hydrogens is 180 g/mol. The predicted molar refractivity (Wildman–Crippen MR) is 56.9 cm³/mol. The molecule has 0 aliphatic heterocycles. The molecule has 0 saturated heterocycles. The molecule has 1 saturated carbocycles. The highest BCUT2D eigenvalue weighted by Gasteiger charge is 2.23. The normalized spacial score (nSPS) is 16.9. The van der Waals surface area contributed by atoms with Crippen molar-refractivity contribution in [3.8, 4) is 0 Å². The number of rotatable bonds is 5. The Kier molecular flexibility index (Phi) is 4.69. The van der Waals surface area contributed by atoms with Gasteiger partial charge in [0.05, 0.1) is 13.2 Å². The van der Waals surface area contributed by atoms with Gasteiger partial charge in [0.15, 0.2) is 0 Å². The molecule has 1 rings (SSSR count). The van der Waals surface area contributed by atoms with E-state index >= 15 is 0 Å². The lowest BCUT2D eigenvalue weighted by atomic mass is 10.4. The summed E-state index contributed by atoms with van der Waals surface area (Å²) < 4.78 is 4.92. The second-order valence-electron chi connectivity index (χ2n) is 3.67. The van der Waals surface area contributed by atoms with E-state index < -0.39 is 0 Å². The average molecular weight is 200 g/mol. The number of methoxy groups -OCH3 is 1. The smallest absolute Gasteiger partial charge is 0.208 e. The molecule has 14 heavy (non-hydrogen) atoms. The Hall–Kier alpha value is -0.810. The van der Waals surface area contributed by atoms with E-state index in [1.54, 1.807) is 7.11 Å². The van der Waals surface area contributed by atoms with Gasteiger partial charge in [0, 0.05) is 20.7 Å². The zero-order chi connectivity index (χ0) is 10.4. The first-order valence-electron chi connectivity index (χ1n) is 4.99. The number of aliphatic imine (C=N–C) groups is 1. The first-order valence-corrected chi connectivity index (χ1v) is 4.99. The minimum absolute atomic E-state index is 0.627. The van der Waals surface area contributed by atoms with Crippen LogP contribution < -0.4 is 11.3 Å². The summed E-state index contributed by atoms with van der Waals surface area (Å²) in [6.07, 6.45) is 2.67. The minimum atomic E-state index is 0.627. The third-order valence-corrected chi connectivity index (χ3v) is 2.28. The van der Waals surface area contributed by atoms with Gasteiger partial charge in [-0.15, -0.1) is 0 Å².